The van der Waals surface area contributed by atoms with Crippen LogP contribution in [0.4, 0.5) is 11.4 Å². The Hall–Kier alpha value is -5.10. The summed E-state index contributed by atoms with van der Waals surface area (Å²) in [6.07, 6.45) is 0.554. The molecule has 3 amide bonds. The standard InChI is InChI=1S/C31H33N5O6S/c1-5-19-13-9-10-14-21(19)36(31(39)28-24(32)25(29(33)37)35-43-28)26(30(38)34-17-18-11-7-6-8-12-18)20-15-22(40-2)27(42-4)23(16-20)41-3/h6-16,26H,5,17,32H2,1-4H3,(H2,33,37)(H,34,38). The third-order valence-corrected chi connectivity index (χ3v) is 7.68. The first-order chi connectivity index (χ1) is 20.7. The number of amides is 3. The fraction of sp³-hybridized carbons (Fsp3) is 0.226. The van der Waals surface area contributed by atoms with E-state index in [0.717, 1.165) is 22.7 Å². The number of aromatic nitrogens is 1. The Balaban J connectivity index is 1.97. The fourth-order valence-corrected chi connectivity index (χ4v) is 5.45. The van der Waals surface area contributed by atoms with Crippen LogP contribution in [-0.4, -0.2) is 43.4 Å². The number of carbonyl (C=O) groups is 3. The van der Waals surface area contributed by atoms with E-state index in [-0.39, 0.29) is 22.8 Å². The van der Waals surface area contributed by atoms with E-state index in [4.69, 9.17) is 25.7 Å². The van der Waals surface area contributed by atoms with Crippen LogP contribution in [0.3, 0.4) is 0 Å². The molecule has 0 saturated heterocycles. The Labute approximate surface area is 253 Å². The molecule has 1 aromatic heterocycles. The lowest BCUT2D eigenvalue weighted by molar-refractivity contribution is -0.122. The van der Waals surface area contributed by atoms with Crippen molar-refractivity contribution in [1.82, 2.24) is 9.69 Å². The van der Waals surface area contributed by atoms with E-state index in [1.54, 1.807) is 24.3 Å². The first kappa shape index (κ1) is 30.8. The summed E-state index contributed by atoms with van der Waals surface area (Å²) in [5, 5.41) is 2.97. The zero-order chi connectivity index (χ0) is 31.1. The molecule has 43 heavy (non-hydrogen) atoms. The Morgan fingerprint density at radius 1 is 0.953 bits per heavy atom. The highest BCUT2D eigenvalue weighted by Gasteiger charge is 2.38. The number of nitrogen functional groups attached to an aromatic ring is 1. The van der Waals surface area contributed by atoms with Gasteiger partial charge in [-0.05, 0) is 52.8 Å². The number of methoxy groups -OCH3 is 3. The first-order valence-electron chi connectivity index (χ1n) is 13.3. The molecule has 0 aliphatic carbocycles. The SMILES string of the molecule is CCc1ccccc1N(C(=O)c1snc(C(N)=O)c1N)C(C(=O)NCc1ccccc1)c1cc(OC)c(OC)c(OC)c1. The van der Waals surface area contributed by atoms with Crippen LogP contribution in [0.1, 0.15) is 49.8 Å². The van der Waals surface area contributed by atoms with Crippen molar-refractivity contribution < 1.29 is 28.6 Å². The highest BCUT2D eigenvalue weighted by molar-refractivity contribution is 7.09. The molecule has 0 spiro atoms. The van der Waals surface area contributed by atoms with Crippen molar-refractivity contribution >= 4 is 40.6 Å². The van der Waals surface area contributed by atoms with Gasteiger partial charge in [-0.3, -0.25) is 19.3 Å². The Morgan fingerprint density at radius 3 is 2.14 bits per heavy atom. The number of carbonyl (C=O) groups excluding carboxylic acids is 3. The van der Waals surface area contributed by atoms with Gasteiger partial charge in [-0.25, -0.2) is 0 Å². The van der Waals surface area contributed by atoms with Crippen molar-refractivity contribution in [2.45, 2.75) is 25.9 Å². The summed E-state index contributed by atoms with van der Waals surface area (Å²) in [4.78, 5) is 42.0. The molecule has 0 fully saturated rings. The van der Waals surface area contributed by atoms with Gasteiger partial charge >= 0.3 is 0 Å². The van der Waals surface area contributed by atoms with Gasteiger partial charge in [-0.2, -0.15) is 4.37 Å². The normalized spacial score (nSPS) is 11.3. The number of rotatable bonds is 12. The van der Waals surface area contributed by atoms with Gasteiger partial charge in [0, 0.05) is 12.2 Å². The van der Waals surface area contributed by atoms with Gasteiger partial charge in [0.05, 0.1) is 27.0 Å². The molecule has 1 atom stereocenters. The molecule has 0 saturated carbocycles. The second kappa shape index (κ2) is 13.7. The van der Waals surface area contributed by atoms with Gasteiger partial charge in [0.25, 0.3) is 11.8 Å². The highest BCUT2D eigenvalue weighted by Crippen LogP contribution is 2.43. The van der Waals surface area contributed by atoms with E-state index < -0.39 is 23.8 Å². The topological polar surface area (TPSA) is 159 Å². The van der Waals surface area contributed by atoms with Crippen LogP contribution in [0.2, 0.25) is 0 Å². The van der Waals surface area contributed by atoms with Crippen molar-refractivity contribution in [3.63, 3.8) is 0 Å². The molecule has 4 rings (SSSR count). The fourth-order valence-electron chi connectivity index (χ4n) is 4.71. The quantitative estimate of drug-likeness (QED) is 0.218. The summed E-state index contributed by atoms with van der Waals surface area (Å²) in [5.74, 6) is -1.09. The average molecular weight is 604 g/mol. The van der Waals surface area contributed by atoms with Crippen LogP contribution < -0.4 is 35.9 Å². The van der Waals surface area contributed by atoms with Crippen molar-refractivity contribution in [3.05, 3.63) is 94.0 Å². The lowest BCUT2D eigenvalue weighted by Gasteiger charge is -2.33. The lowest BCUT2D eigenvalue weighted by atomic mass is 9.99. The van der Waals surface area contributed by atoms with Crippen molar-refractivity contribution in [3.8, 4) is 17.2 Å². The Kier molecular flexibility index (Phi) is 9.83. The maximum absolute atomic E-state index is 14.5. The minimum Gasteiger partial charge on any atom is -0.493 e. The third kappa shape index (κ3) is 6.38. The molecule has 11 nitrogen and oxygen atoms in total. The Bertz CT molecular complexity index is 1600. The number of para-hydroxylation sites is 1. The number of hydrogen-bond acceptors (Lipinski definition) is 9. The molecule has 3 aromatic carbocycles. The van der Waals surface area contributed by atoms with E-state index in [9.17, 15) is 14.4 Å². The zero-order valence-corrected chi connectivity index (χ0v) is 25.1. The number of nitrogens with one attached hydrogen (secondary N) is 1. The van der Waals surface area contributed by atoms with E-state index in [2.05, 4.69) is 9.69 Å². The monoisotopic (exact) mass is 603 g/mol. The number of hydrogen-bond donors (Lipinski definition) is 3. The predicted octanol–water partition coefficient (Wildman–Crippen LogP) is 4.12. The predicted molar refractivity (Wildman–Crippen MR) is 165 cm³/mol. The number of nitrogens with two attached hydrogens (primary N) is 2. The van der Waals surface area contributed by atoms with E-state index in [1.165, 1.54) is 26.2 Å². The van der Waals surface area contributed by atoms with Crippen LogP contribution in [0.5, 0.6) is 17.2 Å². The van der Waals surface area contributed by atoms with Gasteiger partial charge < -0.3 is 31.0 Å². The van der Waals surface area contributed by atoms with E-state index in [1.807, 2.05) is 49.4 Å². The number of nitrogens with zero attached hydrogens (tertiary/aromatic N) is 2. The molecule has 12 heteroatoms. The minimum absolute atomic E-state index is 0.0343. The summed E-state index contributed by atoms with van der Waals surface area (Å²) in [6, 6.07) is 18.6. The van der Waals surface area contributed by atoms with Crippen molar-refractivity contribution in [1.29, 1.82) is 0 Å². The van der Waals surface area contributed by atoms with Crippen LogP contribution in [0.15, 0.2) is 66.7 Å². The molecule has 5 N–H and O–H groups in total. The summed E-state index contributed by atoms with van der Waals surface area (Å²) < 4.78 is 20.7. The second-order valence-electron chi connectivity index (χ2n) is 9.36. The highest BCUT2D eigenvalue weighted by atomic mass is 32.1. The van der Waals surface area contributed by atoms with Crippen LogP contribution in [0, 0.1) is 0 Å². The smallest absolute Gasteiger partial charge is 0.273 e. The first-order valence-corrected chi connectivity index (χ1v) is 14.1. The van der Waals surface area contributed by atoms with Gasteiger partial charge in [0.2, 0.25) is 11.7 Å². The number of aryl methyl sites for hydroxylation is 1. The summed E-state index contributed by atoms with van der Waals surface area (Å²) in [6.45, 7) is 2.14. The third-order valence-electron chi connectivity index (χ3n) is 6.83. The summed E-state index contributed by atoms with van der Waals surface area (Å²) in [5.41, 5.74) is 13.8. The average Bonchev–Trinajstić information content (AvgIpc) is 3.43. The largest absolute Gasteiger partial charge is 0.493 e. The molecule has 0 radical (unpaired) electrons. The minimum atomic E-state index is -1.25. The molecule has 224 valence electrons. The second-order valence-corrected chi connectivity index (χ2v) is 10.1. The number of primary amides is 1. The molecule has 1 unspecified atom stereocenters. The summed E-state index contributed by atoms with van der Waals surface area (Å²) in [7, 11) is 4.40. The number of benzene rings is 3. The summed E-state index contributed by atoms with van der Waals surface area (Å²) >= 11 is 0.737. The van der Waals surface area contributed by atoms with Gasteiger partial charge in [-0.15, -0.1) is 0 Å². The number of ether oxygens (including phenoxy) is 3. The zero-order valence-electron chi connectivity index (χ0n) is 24.2. The lowest BCUT2D eigenvalue weighted by Crippen LogP contribution is -2.44. The maximum Gasteiger partial charge on any atom is 0.273 e. The van der Waals surface area contributed by atoms with E-state index >= 15 is 0 Å². The van der Waals surface area contributed by atoms with Crippen molar-refractivity contribution in [2.24, 2.45) is 5.73 Å². The molecule has 0 bridgehead atoms. The molecule has 1 heterocycles. The van der Waals surface area contributed by atoms with Crippen molar-refractivity contribution in [2.75, 3.05) is 32.0 Å². The van der Waals surface area contributed by atoms with Gasteiger partial charge in [0.15, 0.2) is 17.2 Å². The van der Waals surface area contributed by atoms with Gasteiger partial charge in [0.1, 0.15) is 10.9 Å². The van der Waals surface area contributed by atoms with E-state index in [0.29, 0.717) is 34.9 Å². The van der Waals surface area contributed by atoms with Gasteiger partial charge in [-0.1, -0.05) is 55.5 Å². The molecular weight excluding hydrogens is 570 g/mol. The molecule has 0 aliphatic rings. The molecule has 4 aromatic rings. The van der Waals surface area contributed by atoms with Crippen LogP contribution in [0.25, 0.3) is 0 Å². The molecule has 0 aliphatic heterocycles. The Morgan fingerprint density at radius 2 is 1.58 bits per heavy atom. The van der Waals surface area contributed by atoms with Crippen LogP contribution >= 0.6 is 11.5 Å². The maximum atomic E-state index is 14.5. The number of anilines is 2. The molecular formula is C31H33N5O6S. The van der Waals surface area contributed by atoms with Crippen LogP contribution in [-0.2, 0) is 17.8 Å².